The zero-order valence-corrected chi connectivity index (χ0v) is 16.9. The molecule has 0 amide bonds. The standard InChI is InChI=1S/C18H26N6O2S/c1-22(2)18-20-11-15(12-21-18)14-23(3)17-8-7-16(13-19-17)27(25,26)24-9-5-4-6-10-24/h7-8,11-13H,4-6,9-10,14H2,1-3H3. The molecule has 1 aliphatic rings. The Kier molecular flexibility index (Phi) is 5.91. The second-order valence-electron chi connectivity index (χ2n) is 6.96. The number of hydrogen-bond donors (Lipinski definition) is 0. The van der Waals surface area contributed by atoms with Crippen LogP contribution in [0.5, 0.6) is 0 Å². The van der Waals surface area contributed by atoms with E-state index in [-0.39, 0.29) is 4.90 Å². The molecule has 8 nitrogen and oxygen atoms in total. The Labute approximate surface area is 160 Å². The van der Waals surface area contributed by atoms with Crippen molar-refractivity contribution in [3.8, 4) is 0 Å². The highest BCUT2D eigenvalue weighted by Crippen LogP contribution is 2.22. The molecular formula is C18H26N6O2S. The second kappa shape index (κ2) is 8.18. The zero-order chi connectivity index (χ0) is 19.4. The van der Waals surface area contributed by atoms with Crippen molar-refractivity contribution in [1.82, 2.24) is 19.3 Å². The SMILES string of the molecule is CN(C)c1ncc(CN(C)c2ccc(S(=O)(=O)N3CCCCC3)cn2)cn1. The second-order valence-corrected chi connectivity index (χ2v) is 8.90. The zero-order valence-electron chi connectivity index (χ0n) is 16.0. The highest BCUT2D eigenvalue weighted by Gasteiger charge is 2.26. The van der Waals surface area contributed by atoms with Crippen molar-refractivity contribution in [3.63, 3.8) is 0 Å². The van der Waals surface area contributed by atoms with Gasteiger partial charge in [0.15, 0.2) is 0 Å². The lowest BCUT2D eigenvalue weighted by Crippen LogP contribution is -2.35. The summed E-state index contributed by atoms with van der Waals surface area (Å²) in [5.74, 6) is 1.36. The van der Waals surface area contributed by atoms with Gasteiger partial charge in [-0.2, -0.15) is 4.31 Å². The van der Waals surface area contributed by atoms with Gasteiger partial charge in [0.05, 0.1) is 0 Å². The van der Waals surface area contributed by atoms with Gasteiger partial charge in [0.2, 0.25) is 16.0 Å². The fourth-order valence-electron chi connectivity index (χ4n) is 3.02. The summed E-state index contributed by atoms with van der Waals surface area (Å²) >= 11 is 0. The lowest BCUT2D eigenvalue weighted by molar-refractivity contribution is 0.346. The summed E-state index contributed by atoms with van der Waals surface area (Å²) in [4.78, 5) is 17.0. The van der Waals surface area contributed by atoms with Crippen LogP contribution in [0.4, 0.5) is 11.8 Å². The summed E-state index contributed by atoms with van der Waals surface area (Å²) in [6, 6.07) is 3.38. The molecule has 0 N–H and O–H groups in total. The number of sulfonamides is 1. The first-order valence-corrected chi connectivity index (χ1v) is 10.5. The summed E-state index contributed by atoms with van der Waals surface area (Å²) in [5.41, 5.74) is 0.954. The Morgan fingerprint density at radius 2 is 1.63 bits per heavy atom. The first-order valence-electron chi connectivity index (χ1n) is 9.03. The minimum absolute atomic E-state index is 0.250. The van der Waals surface area contributed by atoms with E-state index in [1.807, 2.05) is 30.9 Å². The van der Waals surface area contributed by atoms with E-state index >= 15 is 0 Å². The van der Waals surface area contributed by atoms with Crippen LogP contribution < -0.4 is 9.80 Å². The molecule has 2 aromatic rings. The fraction of sp³-hybridized carbons (Fsp3) is 0.500. The molecule has 9 heteroatoms. The van der Waals surface area contributed by atoms with Gasteiger partial charge in [-0.25, -0.2) is 23.4 Å². The quantitative estimate of drug-likeness (QED) is 0.743. The van der Waals surface area contributed by atoms with E-state index in [9.17, 15) is 8.42 Å². The van der Waals surface area contributed by atoms with E-state index in [0.29, 0.717) is 31.4 Å². The number of piperidine rings is 1. The van der Waals surface area contributed by atoms with Gasteiger partial charge in [0.1, 0.15) is 10.7 Å². The summed E-state index contributed by atoms with van der Waals surface area (Å²) in [6.45, 7) is 1.76. The lowest BCUT2D eigenvalue weighted by Gasteiger charge is -2.26. The molecule has 1 aliphatic heterocycles. The normalized spacial score (nSPS) is 15.5. The fourth-order valence-corrected chi connectivity index (χ4v) is 4.48. The number of rotatable bonds is 6. The van der Waals surface area contributed by atoms with Crippen LogP contribution in [0.1, 0.15) is 24.8 Å². The van der Waals surface area contributed by atoms with E-state index in [1.165, 1.54) is 6.20 Å². The maximum atomic E-state index is 12.7. The maximum Gasteiger partial charge on any atom is 0.244 e. The van der Waals surface area contributed by atoms with Crippen molar-refractivity contribution >= 4 is 21.8 Å². The van der Waals surface area contributed by atoms with Gasteiger partial charge >= 0.3 is 0 Å². The van der Waals surface area contributed by atoms with Crippen LogP contribution in [0.15, 0.2) is 35.6 Å². The molecule has 3 heterocycles. The third-order valence-electron chi connectivity index (χ3n) is 4.58. The van der Waals surface area contributed by atoms with Crippen LogP contribution in [0.25, 0.3) is 0 Å². The summed E-state index contributed by atoms with van der Waals surface area (Å²) < 4.78 is 27.0. The predicted octanol–water partition coefficient (Wildman–Crippen LogP) is 1.75. The van der Waals surface area contributed by atoms with E-state index in [0.717, 1.165) is 24.8 Å². The van der Waals surface area contributed by atoms with Crippen LogP contribution in [0, 0.1) is 0 Å². The van der Waals surface area contributed by atoms with Gasteiger partial charge in [-0.3, -0.25) is 0 Å². The highest BCUT2D eigenvalue weighted by atomic mass is 32.2. The number of aromatic nitrogens is 3. The molecule has 0 atom stereocenters. The van der Waals surface area contributed by atoms with E-state index in [1.54, 1.807) is 28.8 Å². The highest BCUT2D eigenvalue weighted by molar-refractivity contribution is 7.89. The van der Waals surface area contributed by atoms with Crippen LogP contribution in [-0.2, 0) is 16.6 Å². The van der Waals surface area contributed by atoms with Crippen molar-refractivity contribution in [2.45, 2.75) is 30.7 Å². The van der Waals surface area contributed by atoms with Gasteiger partial charge in [-0.1, -0.05) is 6.42 Å². The molecule has 1 fully saturated rings. The Hall–Kier alpha value is -2.26. The third-order valence-corrected chi connectivity index (χ3v) is 6.46. The van der Waals surface area contributed by atoms with Crippen LogP contribution in [-0.4, -0.2) is 61.9 Å². The van der Waals surface area contributed by atoms with E-state index in [4.69, 9.17) is 0 Å². The number of anilines is 2. The van der Waals surface area contributed by atoms with E-state index in [2.05, 4.69) is 15.0 Å². The summed E-state index contributed by atoms with van der Waals surface area (Å²) in [5, 5.41) is 0. The largest absolute Gasteiger partial charge is 0.355 e. The van der Waals surface area contributed by atoms with Gasteiger partial charge in [-0.15, -0.1) is 0 Å². The molecule has 0 unspecified atom stereocenters. The smallest absolute Gasteiger partial charge is 0.244 e. The Bertz CT molecular complexity index is 846. The Balaban J connectivity index is 1.69. The Morgan fingerprint density at radius 1 is 0.963 bits per heavy atom. The molecule has 0 saturated carbocycles. The molecule has 146 valence electrons. The minimum atomic E-state index is -3.45. The molecule has 2 aromatic heterocycles. The van der Waals surface area contributed by atoms with Gasteiger partial charge in [0, 0.05) is 64.9 Å². The van der Waals surface area contributed by atoms with E-state index < -0.39 is 10.0 Å². The van der Waals surface area contributed by atoms with Gasteiger partial charge in [-0.05, 0) is 25.0 Å². The molecule has 0 aromatic carbocycles. The van der Waals surface area contributed by atoms with Crippen LogP contribution in [0.3, 0.4) is 0 Å². The first-order chi connectivity index (χ1) is 12.9. The van der Waals surface area contributed by atoms with Crippen molar-refractivity contribution in [2.75, 3.05) is 44.0 Å². The molecule has 0 bridgehead atoms. The van der Waals surface area contributed by atoms with Gasteiger partial charge < -0.3 is 9.80 Å². The third kappa shape index (κ3) is 4.54. The average molecular weight is 391 g/mol. The molecule has 0 spiro atoms. The van der Waals surface area contributed by atoms with Crippen LogP contribution in [0.2, 0.25) is 0 Å². The molecular weight excluding hydrogens is 364 g/mol. The number of hydrogen-bond acceptors (Lipinski definition) is 7. The number of nitrogens with zero attached hydrogens (tertiary/aromatic N) is 6. The first kappa shape index (κ1) is 19.5. The summed E-state index contributed by atoms with van der Waals surface area (Å²) in [6.07, 6.45) is 7.95. The topological polar surface area (TPSA) is 82.5 Å². The van der Waals surface area contributed by atoms with Crippen molar-refractivity contribution in [2.24, 2.45) is 0 Å². The molecule has 0 aliphatic carbocycles. The van der Waals surface area contributed by atoms with Crippen molar-refractivity contribution < 1.29 is 8.42 Å². The van der Waals surface area contributed by atoms with Crippen molar-refractivity contribution in [3.05, 3.63) is 36.3 Å². The Morgan fingerprint density at radius 3 is 2.19 bits per heavy atom. The monoisotopic (exact) mass is 390 g/mol. The molecule has 1 saturated heterocycles. The maximum absolute atomic E-state index is 12.7. The molecule has 27 heavy (non-hydrogen) atoms. The average Bonchev–Trinajstić information content (AvgIpc) is 2.69. The van der Waals surface area contributed by atoms with Gasteiger partial charge in [0.25, 0.3) is 0 Å². The van der Waals surface area contributed by atoms with Crippen molar-refractivity contribution in [1.29, 1.82) is 0 Å². The molecule has 0 radical (unpaired) electrons. The predicted molar refractivity (Wildman–Crippen MR) is 105 cm³/mol. The number of pyridine rings is 1. The lowest BCUT2D eigenvalue weighted by atomic mass is 10.2. The molecule has 3 rings (SSSR count). The summed E-state index contributed by atoms with van der Waals surface area (Å²) in [7, 11) is 2.24. The minimum Gasteiger partial charge on any atom is -0.355 e. The van der Waals surface area contributed by atoms with Crippen LogP contribution >= 0.6 is 0 Å².